The number of likely N-dealkylation sites (tertiary alicyclic amines) is 1. The third-order valence-electron chi connectivity index (χ3n) is 8.99. The first kappa shape index (κ1) is 25.4. The van der Waals surface area contributed by atoms with Crippen molar-refractivity contribution in [2.45, 2.75) is 61.9 Å². The summed E-state index contributed by atoms with van der Waals surface area (Å²) in [5, 5.41) is 3.09. The van der Waals surface area contributed by atoms with E-state index in [1.54, 1.807) is 0 Å². The van der Waals surface area contributed by atoms with Crippen LogP contribution in [0.15, 0.2) is 72.3 Å². The van der Waals surface area contributed by atoms with E-state index in [9.17, 15) is 9.59 Å². The number of halogens is 1. The van der Waals surface area contributed by atoms with Gasteiger partial charge in [-0.1, -0.05) is 48.6 Å². The molecule has 2 heterocycles. The zero-order chi connectivity index (χ0) is 26.5. The fraction of sp³-hybridized carbons (Fsp3) is 0.438. The highest BCUT2D eigenvalue weighted by Crippen LogP contribution is 2.65. The van der Waals surface area contributed by atoms with E-state index in [4.69, 9.17) is 11.6 Å². The second-order valence-corrected chi connectivity index (χ2v) is 12.5. The van der Waals surface area contributed by atoms with Crippen LogP contribution in [0.5, 0.6) is 0 Å². The van der Waals surface area contributed by atoms with Gasteiger partial charge in [0.25, 0.3) is 5.91 Å². The number of nitrogens with one attached hydrogen (secondary N) is 1. The molecule has 5 nitrogen and oxygen atoms in total. The van der Waals surface area contributed by atoms with Gasteiger partial charge in [0.05, 0.1) is 16.8 Å². The highest BCUT2D eigenvalue weighted by atomic mass is 35.5. The fourth-order valence-corrected chi connectivity index (χ4v) is 6.82. The lowest BCUT2D eigenvalue weighted by Gasteiger charge is -2.22. The molecule has 2 aliphatic heterocycles. The van der Waals surface area contributed by atoms with E-state index in [1.165, 1.54) is 18.4 Å². The molecule has 4 atom stereocenters. The van der Waals surface area contributed by atoms with Crippen LogP contribution in [0.1, 0.15) is 60.5 Å². The summed E-state index contributed by atoms with van der Waals surface area (Å²) in [6.45, 7) is 4.28. The Morgan fingerprint density at radius 3 is 2.79 bits per heavy atom. The van der Waals surface area contributed by atoms with Gasteiger partial charge in [0.15, 0.2) is 0 Å². The number of amides is 2. The average molecular weight is 530 g/mol. The van der Waals surface area contributed by atoms with Gasteiger partial charge in [-0.25, -0.2) is 0 Å². The molecular weight excluding hydrogens is 494 g/mol. The first-order valence-electron chi connectivity index (χ1n) is 13.9. The molecule has 1 N–H and O–H groups in total. The maximum Gasteiger partial charge on any atom is 0.251 e. The molecule has 2 amide bonds. The number of carbonyl (C=O) groups excluding carboxylic acids is 2. The van der Waals surface area contributed by atoms with Gasteiger partial charge >= 0.3 is 0 Å². The number of alkyl halides is 1. The summed E-state index contributed by atoms with van der Waals surface area (Å²) in [7, 11) is 2.16. The maximum absolute atomic E-state index is 14.0. The Labute approximate surface area is 230 Å². The quantitative estimate of drug-likeness (QED) is 0.476. The molecule has 2 fully saturated rings. The van der Waals surface area contributed by atoms with Crippen LogP contribution in [0.25, 0.3) is 0 Å². The monoisotopic (exact) mass is 529 g/mol. The van der Waals surface area contributed by atoms with Crippen LogP contribution in [0.3, 0.4) is 0 Å². The molecule has 0 aromatic heterocycles. The van der Waals surface area contributed by atoms with Crippen molar-refractivity contribution in [3.05, 3.63) is 89.0 Å². The van der Waals surface area contributed by atoms with Crippen molar-refractivity contribution in [2.24, 2.45) is 5.92 Å². The number of carbonyl (C=O) groups is 2. The molecule has 1 spiro atoms. The van der Waals surface area contributed by atoms with Crippen LogP contribution in [0.4, 0.5) is 5.69 Å². The SMILES string of the molecule is CN1CCCC1CCNC(=O)c1cccc(CN2C(=O)C3(C[C@@H]3C3=CC[C@@](C)(Cl)C=C3)c3ccccc32)c1. The minimum atomic E-state index is -0.491. The van der Waals surface area contributed by atoms with E-state index in [-0.39, 0.29) is 22.6 Å². The number of rotatable bonds is 7. The molecule has 0 bridgehead atoms. The van der Waals surface area contributed by atoms with Gasteiger partial charge in [-0.3, -0.25) is 9.59 Å². The van der Waals surface area contributed by atoms with Crippen LogP contribution >= 0.6 is 11.6 Å². The molecule has 6 rings (SSSR count). The Morgan fingerprint density at radius 1 is 1.18 bits per heavy atom. The Balaban J connectivity index is 1.16. The number of allylic oxidation sites excluding steroid dienone is 4. The van der Waals surface area contributed by atoms with Gasteiger partial charge in [-0.05, 0) is 87.5 Å². The largest absolute Gasteiger partial charge is 0.352 e. The molecule has 2 aliphatic carbocycles. The lowest BCUT2D eigenvalue weighted by molar-refractivity contribution is -0.120. The molecule has 0 radical (unpaired) electrons. The minimum Gasteiger partial charge on any atom is -0.352 e. The zero-order valence-corrected chi connectivity index (χ0v) is 23.0. The van der Waals surface area contributed by atoms with Crippen molar-refractivity contribution in [3.8, 4) is 0 Å². The number of benzene rings is 2. The summed E-state index contributed by atoms with van der Waals surface area (Å²) in [5.74, 6) is 0.288. The Kier molecular flexibility index (Phi) is 6.48. The van der Waals surface area contributed by atoms with Gasteiger partial charge in [0.1, 0.15) is 0 Å². The molecule has 4 aliphatic rings. The molecule has 1 saturated heterocycles. The Morgan fingerprint density at radius 2 is 2.03 bits per heavy atom. The topological polar surface area (TPSA) is 52.7 Å². The van der Waals surface area contributed by atoms with Crippen molar-refractivity contribution >= 4 is 29.1 Å². The molecule has 2 aromatic rings. The van der Waals surface area contributed by atoms with Crippen LogP contribution < -0.4 is 10.2 Å². The fourth-order valence-electron chi connectivity index (χ4n) is 6.68. The van der Waals surface area contributed by atoms with Crippen LogP contribution in [0, 0.1) is 5.92 Å². The molecule has 2 aromatic carbocycles. The highest BCUT2D eigenvalue weighted by Gasteiger charge is 2.67. The second-order valence-electron chi connectivity index (χ2n) is 11.7. The van der Waals surface area contributed by atoms with Crippen molar-refractivity contribution in [3.63, 3.8) is 0 Å². The van der Waals surface area contributed by atoms with Gasteiger partial charge in [0.2, 0.25) is 5.91 Å². The lowest BCUT2D eigenvalue weighted by atomic mass is 9.88. The summed E-state index contributed by atoms with van der Waals surface area (Å²) < 4.78 is 0. The summed E-state index contributed by atoms with van der Waals surface area (Å²) >= 11 is 6.50. The van der Waals surface area contributed by atoms with Gasteiger partial charge in [-0.15, -0.1) is 11.6 Å². The third-order valence-corrected chi connectivity index (χ3v) is 9.27. The first-order chi connectivity index (χ1) is 18.3. The minimum absolute atomic E-state index is 0.0540. The third kappa shape index (κ3) is 4.50. The number of para-hydroxylation sites is 1. The predicted octanol–water partition coefficient (Wildman–Crippen LogP) is 5.59. The summed E-state index contributed by atoms with van der Waals surface area (Å²) in [6, 6.07) is 16.4. The van der Waals surface area contributed by atoms with Gasteiger partial charge in [0, 0.05) is 29.8 Å². The second kappa shape index (κ2) is 9.69. The van der Waals surface area contributed by atoms with Crippen molar-refractivity contribution in [1.29, 1.82) is 0 Å². The van der Waals surface area contributed by atoms with Crippen molar-refractivity contribution in [2.75, 3.05) is 25.0 Å². The molecule has 198 valence electrons. The summed E-state index contributed by atoms with van der Waals surface area (Å²) in [4.78, 5) is 30.9. The maximum atomic E-state index is 14.0. The smallest absolute Gasteiger partial charge is 0.251 e. The first-order valence-corrected chi connectivity index (χ1v) is 14.2. The van der Waals surface area contributed by atoms with E-state index in [1.807, 2.05) is 48.2 Å². The molecule has 2 unspecified atom stereocenters. The predicted molar refractivity (Wildman–Crippen MR) is 153 cm³/mol. The van der Waals surface area contributed by atoms with Crippen molar-refractivity contribution < 1.29 is 9.59 Å². The van der Waals surface area contributed by atoms with E-state index in [0.29, 0.717) is 24.7 Å². The number of fused-ring (bicyclic) bond motifs is 2. The van der Waals surface area contributed by atoms with E-state index < -0.39 is 5.41 Å². The normalized spacial score (nSPS) is 30.0. The standard InChI is InChI=1S/C32H36ClN3O2/c1-31(33)15-12-23(13-16-31)27-20-32(27)26-10-3-4-11-28(26)36(30(32)38)21-22-7-5-8-24(19-22)29(37)34-17-14-25-9-6-18-35(25)2/h3-5,7-8,10-13,15,19,25,27H,6,9,14,16-18,20-21H2,1-2H3,(H,34,37)/t25?,27-,31+,32?/m1/s1. The number of hydrogen-bond donors (Lipinski definition) is 1. The van der Waals surface area contributed by atoms with Crippen molar-refractivity contribution in [1.82, 2.24) is 10.2 Å². The molecule has 1 saturated carbocycles. The summed E-state index contributed by atoms with van der Waals surface area (Å²) in [5.41, 5.74) is 4.43. The molecule has 38 heavy (non-hydrogen) atoms. The molecular formula is C32H36ClN3O2. The Hall–Kier alpha value is -2.89. The molecule has 6 heteroatoms. The average Bonchev–Trinajstić information content (AvgIpc) is 3.47. The highest BCUT2D eigenvalue weighted by molar-refractivity contribution is 6.25. The van der Waals surface area contributed by atoms with Gasteiger partial charge < -0.3 is 15.1 Å². The van der Waals surface area contributed by atoms with Gasteiger partial charge in [-0.2, -0.15) is 0 Å². The Bertz CT molecular complexity index is 1330. The number of nitrogens with zero attached hydrogens (tertiary/aromatic N) is 2. The van der Waals surface area contributed by atoms with E-state index >= 15 is 0 Å². The van der Waals surface area contributed by atoms with E-state index in [2.05, 4.69) is 47.6 Å². The number of anilines is 1. The van der Waals surface area contributed by atoms with E-state index in [0.717, 1.165) is 42.6 Å². The van der Waals surface area contributed by atoms with Crippen LogP contribution in [-0.4, -0.2) is 47.8 Å². The lowest BCUT2D eigenvalue weighted by Crippen LogP contribution is -2.33. The number of hydrogen-bond acceptors (Lipinski definition) is 3. The van der Waals surface area contributed by atoms with Crippen LogP contribution in [0.2, 0.25) is 0 Å². The zero-order valence-electron chi connectivity index (χ0n) is 22.3. The van der Waals surface area contributed by atoms with Crippen LogP contribution in [-0.2, 0) is 16.8 Å². The summed E-state index contributed by atoms with van der Waals surface area (Å²) in [6.07, 6.45) is 11.4.